The number of pyridine rings is 1. The van der Waals surface area contributed by atoms with Gasteiger partial charge in [-0.1, -0.05) is 58.4 Å². The molecular formula is C22H14BrNO2S. The lowest BCUT2D eigenvalue weighted by molar-refractivity contribution is 0.0697. The van der Waals surface area contributed by atoms with Crippen LogP contribution in [0.4, 0.5) is 0 Å². The van der Waals surface area contributed by atoms with E-state index in [0.29, 0.717) is 11.4 Å². The maximum absolute atomic E-state index is 11.6. The van der Waals surface area contributed by atoms with Crippen molar-refractivity contribution in [3.8, 4) is 33.0 Å². The molecule has 5 heteroatoms. The molecule has 4 rings (SSSR count). The average molecular weight is 436 g/mol. The molecule has 0 bridgehead atoms. The van der Waals surface area contributed by atoms with E-state index < -0.39 is 5.97 Å². The summed E-state index contributed by atoms with van der Waals surface area (Å²) in [5.41, 5.74) is 4.65. The van der Waals surface area contributed by atoms with Gasteiger partial charge in [-0.05, 0) is 46.8 Å². The van der Waals surface area contributed by atoms with E-state index in [1.54, 1.807) is 23.5 Å². The van der Waals surface area contributed by atoms with Crippen molar-refractivity contribution in [2.75, 3.05) is 0 Å². The molecule has 2 heterocycles. The maximum Gasteiger partial charge on any atom is 0.335 e. The van der Waals surface area contributed by atoms with Crippen LogP contribution in [-0.4, -0.2) is 16.1 Å². The minimum Gasteiger partial charge on any atom is -0.478 e. The van der Waals surface area contributed by atoms with Crippen molar-refractivity contribution in [1.29, 1.82) is 0 Å². The predicted octanol–water partition coefficient (Wildman–Crippen LogP) is 6.60. The summed E-state index contributed by atoms with van der Waals surface area (Å²) in [5, 5.41) is 11.6. The number of aromatic nitrogens is 1. The third kappa shape index (κ3) is 3.84. The van der Waals surface area contributed by atoms with Crippen molar-refractivity contribution < 1.29 is 9.90 Å². The molecule has 2 aromatic carbocycles. The highest BCUT2D eigenvalue weighted by Crippen LogP contribution is 2.33. The third-order valence-electron chi connectivity index (χ3n) is 4.17. The van der Waals surface area contributed by atoms with Crippen LogP contribution >= 0.6 is 27.3 Å². The van der Waals surface area contributed by atoms with Crippen LogP contribution in [0.25, 0.3) is 33.0 Å². The Labute approximate surface area is 169 Å². The van der Waals surface area contributed by atoms with Crippen LogP contribution in [0.1, 0.15) is 10.4 Å². The first-order valence-corrected chi connectivity index (χ1v) is 9.93. The van der Waals surface area contributed by atoms with Crippen molar-refractivity contribution in [2.45, 2.75) is 0 Å². The molecule has 4 aromatic rings. The second-order valence-corrected chi connectivity index (χ2v) is 7.83. The summed E-state index contributed by atoms with van der Waals surface area (Å²) in [6.45, 7) is 0. The molecule has 0 spiro atoms. The second kappa shape index (κ2) is 7.47. The molecule has 27 heavy (non-hydrogen) atoms. The number of carboxylic acids is 1. The molecular weight excluding hydrogens is 422 g/mol. The topological polar surface area (TPSA) is 50.2 Å². The number of aromatic carboxylic acids is 1. The molecule has 0 aliphatic heterocycles. The summed E-state index contributed by atoms with van der Waals surface area (Å²) in [7, 11) is 0. The van der Waals surface area contributed by atoms with Crippen molar-refractivity contribution in [3.05, 3.63) is 88.2 Å². The van der Waals surface area contributed by atoms with Crippen molar-refractivity contribution in [1.82, 2.24) is 4.98 Å². The normalized spacial score (nSPS) is 10.7. The third-order valence-corrected chi connectivity index (χ3v) is 5.65. The van der Waals surface area contributed by atoms with Gasteiger partial charge in [0.15, 0.2) is 0 Å². The minimum atomic E-state index is -0.961. The zero-order valence-electron chi connectivity index (χ0n) is 14.1. The van der Waals surface area contributed by atoms with Gasteiger partial charge in [-0.2, -0.15) is 0 Å². The van der Waals surface area contributed by atoms with Crippen LogP contribution < -0.4 is 0 Å². The average Bonchev–Trinajstić information content (AvgIpc) is 3.19. The summed E-state index contributed by atoms with van der Waals surface area (Å²) >= 11 is 4.98. The highest BCUT2D eigenvalue weighted by molar-refractivity contribution is 9.10. The van der Waals surface area contributed by atoms with E-state index in [4.69, 9.17) is 4.98 Å². The first kappa shape index (κ1) is 17.6. The summed E-state index contributed by atoms with van der Waals surface area (Å²) in [5.74, 6) is -0.961. The molecule has 0 aliphatic carbocycles. The van der Waals surface area contributed by atoms with Crippen LogP contribution in [0.5, 0.6) is 0 Å². The Balaban J connectivity index is 1.80. The van der Waals surface area contributed by atoms with E-state index in [-0.39, 0.29) is 5.56 Å². The van der Waals surface area contributed by atoms with E-state index in [0.717, 1.165) is 26.0 Å². The van der Waals surface area contributed by atoms with Gasteiger partial charge in [0.25, 0.3) is 0 Å². The molecule has 132 valence electrons. The standard InChI is InChI=1S/C22H14BrNO2S/c23-18-8-6-15(7-9-18)19-10-16(22(25)26)11-20(24-19)21-12-17(13-27-21)14-4-2-1-3-5-14/h1-13H,(H,25,26). The van der Waals surface area contributed by atoms with Crippen molar-refractivity contribution >= 4 is 33.2 Å². The summed E-state index contributed by atoms with van der Waals surface area (Å²) in [6, 6.07) is 23.1. The molecule has 0 unspecified atom stereocenters. The van der Waals surface area contributed by atoms with Crippen molar-refractivity contribution in [3.63, 3.8) is 0 Å². The highest BCUT2D eigenvalue weighted by atomic mass is 79.9. The zero-order chi connectivity index (χ0) is 18.8. The molecule has 0 saturated carbocycles. The number of carboxylic acid groups (broad SMARTS) is 1. The molecule has 0 radical (unpaired) electrons. The minimum absolute atomic E-state index is 0.229. The fourth-order valence-corrected chi connectivity index (χ4v) is 3.94. The Morgan fingerprint density at radius 3 is 2.26 bits per heavy atom. The Morgan fingerprint density at radius 1 is 0.852 bits per heavy atom. The van der Waals surface area contributed by atoms with Gasteiger partial charge in [-0.25, -0.2) is 9.78 Å². The van der Waals surface area contributed by atoms with Gasteiger partial charge < -0.3 is 5.11 Å². The molecule has 0 amide bonds. The Kier molecular flexibility index (Phi) is 4.88. The summed E-state index contributed by atoms with van der Waals surface area (Å²) in [6.07, 6.45) is 0. The fourth-order valence-electron chi connectivity index (χ4n) is 2.80. The smallest absolute Gasteiger partial charge is 0.335 e. The lowest BCUT2D eigenvalue weighted by atomic mass is 10.1. The number of thiophene rings is 1. The lowest BCUT2D eigenvalue weighted by Crippen LogP contribution is -1.99. The SMILES string of the molecule is O=C(O)c1cc(-c2ccc(Br)cc2)nc(-c2cc(-c3ccccc3)cs2)c1. The molecule has 0 fully saturated rings. The first-order chi connectivity index (χ1) is 13.1. The second-order valence-electron chi connectivity index (χ2n) is 6.00. The highest BCUT2D eigenvalue weighted by Gasteiger charge is 2.13. The number of carbonyl (C=O) groups is 1. The van der Waals surface area contributed by atoms with Crippen LogP contribution in [0.3, 0.4) is 0 Å². The van der Waals surface area contributed by atoms with Gasteiger partial charge in [0.1, 0.15) is 0 Å². The van der Waals surface area contributed by atoms with Gasteiger partial charge in [-0.3, -0.25) is 0 Å². The summed E-state index contributed by atoms with van der Waals surface area (Å²) < 4.78 is 0.964. The van der Waals surface area contributed by atoms with Gasteiger partial charge in [-0.15, -0.1) is 11.3 Å². The van der Waals surface area contributed by atoms with Gasteiger partial charge in [0.2, 0.25) is 0 Å². The van der Waals surface area contributed by atoms with E-state index >= 15 is 0 Å². The molecule has 3 nitrogen and oxygen atoms in total. The number of benzene rings is 2. The van der Waals surface area contributed by atoms with Crippen LogP contribution in [-0.2, 0) is 0 Å². The quantitative estimate of drug-likeness (QED) is 0.392. The zero-order valence-corrected chi connectivity index (χ0v) is 16.5. The maximum atomic E-state index is 11.6. The van der Waals surface area contributed by atoms with Gasteiger partial charge in [0.05, 0.1) is 21.8 Å². The number of hydrogen-bond acceptors (Lipinski definition) is 3. The van der Waals surface area contributed by atoms with Gasteiger partial charge >= 0.3 is 5.97 Å². The van der Waals surface area contributed by atoms with E-state index in [9.17, 15) is 9.90 Å². The number of halogens is 1. The number of hydrogen-bond donors (Lipinski definition) is 1. The predicted molar refractivity (Wildman–Crippen MR) is 113 cm³/mol. The lowest BCUT2D eigenvalue weighted by Gasteiger charge is -2.06. The Morgan fingerprint density at radius 2 is 1.56 bits per heavy atom. The Bertz CT molecular complexity index is 1100. The monoisotopic (exact) mass is 435 g/mol. The van der Waals surface area contributed by atoms with Gasteiger partial charge in [0, 0.05) is 10.0 Å². The van der Waals surface area contributed by atoms with E-state index in [2.05, 4.69) is 39.5 Å². The van der Waals surface area contributed by atoms with Crippen LogP contribution in [0, 0.1) is 0 Å². The first-order valence-electron chi connectivity index (χ1n) is 8.26. The van der Waals surface area contributed by atoms with E-state index in [1.165, 1.54) is 0 Å². The molecule has 0 aliphatic rings. The van der Waals surface area contributed by atoms with E-state index in [1.807, 2.05) is 42.5 Å². The van der Waals surface area contributed by atoms with Crippen molar-refractivity contribution in [2.24, 2.45) is 0 Å². The molecule has 2 aromatic heterocycles. The fraction of sp³-hybridized carbons (Fsp3) is 0. The van der Waals surface area contributed by atoms with Crippen LogP contribution in [0.2, 0.25) is 0 Å². The number of rotatable bonds is 4. The summed E-state index contributed by atoms with van der Waals surface area (Å²) in [4.78, 5) is 17.3. The molecule has 1 N–H and O–H groups in total. The largest absolute Gasteiger partial charge is 0.478 e. The van der Waals surface area contributed by atoms with Crippen LogP contribution in [0.15, 0.2) is 82.6 Å². The Hall–Kier alpha value is -2.76. The molecule has 0 atom stereocenters. The number of nitrogens with zero attached hydrogens (tertiary/aromatic N) is 1. The molecule has 0 saturated heterocycles.